The topological polar surface area (TPSA) is 52.5 Å². The largest absolute Gasteiger partial charge is 0.396 e. The van der Waals surface area contributed by atoms with Gasteiger partial charge in [0.15, 0.2) is 0 Å². The van der Waals surface area contributed by atoms with Gasteiger partial charge in [-0.3, -0.25) is 0 Å². The zero-order valence-electron chi connectivity index (χ0n) is 10.1. The molecule has 1 fully saturated rings. The van der Waals surface area contributed by atoms with Crippen molar-refractivity contribution in [2.75, 3.05) is 6.61 Å². The SMILES string of the molecule is OCC1CC(O)CC1(NC=S)c1ccc(F)c(Br)c1. The summed E-state index contributed by atoms with van der Waals surface area (Å²) in [6.45, 7) is -0.0672. The van der Waals surface area contributed by atoms with Gasteiger partial charge >= 0.3 is 0 Å². The minimum Gasteiger partial charge on any atom is -0.396 e. The molecule has 1 aromatic carbocycles. The molecular weight excluding hydrogens is 333 g/mol. The Balaban J connectivity index is 2.48. The van der Waals surface area contributed by atoms with Crippen LogP contribution in [0.2, 0.25) is 0 Å². The van der Waals surface area contributed by atoms with E-state index in [1.54, 1.807) is 12.1 Å². The number of halogens is 2. The lowest BCUT2D eigenvalue weighted by atomic mass is 9.81. The highest BCUT2D eigenvalue weighted by molar-refractivity contribution is 9.10. The summed E-state index contributed by atoms with van der Waals surface area (Å²) in [5.41, 5.74) is 1.54. The molecule has 2 rings (SSSR count). The summed E-state index contributed by atoms with van der Waals surface area (Å²) >= 11 is 8.03. The average Bonchev–Trinajstić information content (AvgIpc) is 2.70. The van der Waals surface area contributed by atoms with Crippen molar-refractivity contribution < 1.29 is 14.6 Å². The van der Waals surface area contributed by atoms with Crippen LogP contribution in [0.3, 0.4) is 0 Å². The minimum atomic E-state index is -0.647. The van der Waals surface area contributed by atoms with Crippen LogP contribution in [0.25, 0.3) is 0 Å². The molecule has 0 aromatic heterocycles. The van der Waals surface area contributed by atoms with Crippen molar-refractivity contribution in [3.05, 3.63) is 34.1 Å². The second-order valence-corrected chi connectivity index (χ2v) is 5.93. The lowest BCUT2D eigenvalue weighted by molar-refractivity contribution is 0.158. The van der Waals surface area contributed by atoms with Crippen molar-refractivity contribution in [1.82, 2.24) is 5.32 Å². The molecule has 1 saturated carbocycles. The number of nitrogens with one attached hydrogen (secondary N) is 1. The van der Waals surface area contributed by atoms with Gasteiger partial charge in [0.25, 0.3) is 0 Å². The van der Waals surface area contributed by atoms with E-state index in [0.717, 1.165) is 5.56 Å². The van der Waals surface area contributed by atoms with E-state index in [-0.39, 0.29) is 18.3 Å². The van der Waals surface area contributed by atoms with Crippen LogP contribution in [-0.4, -0.2) is 28.4 Å². The Labute approximate surface area is 125 Å². The number of rotatable bonds is 4. The summed E-state index contributed by atoms with van der Waals surface area (Å²) in [4.78, 5) is 0. The Morgan fingerprint density at radius 2 is 2.32 bits per heavy atom. The molecule has 0 aliphatic heterocycles. The van der Waals surface area contributed by atoms with E-state index < -0.39 is 11.6 Å². The second kappa shape index (κ2) is 5.83. The highest BCUT2D eigenvalue weighted by Crippen LogP contribution is 2.44. The molecule has 0 spiro atoms. The quantitative estimate of drug-likeness (QED) is 0.730. The molecule has 19 heavy (non-hydrogen) atoms. The Hall–Kier alpha value is -0.560. The van der Waals surface area contributed by atoms with Gasteiger partial charge in [-0.2, -0.15) is 0 Å². The van der Waals surface area contributed by atoms with Gasteiger partial charge in [-0.15, -0.1) is 0 Å². The van der Waals surface area contributed by atoms with Crippen LogP contribution in [0, 0.1) is 11.7 Å². The monoisotopic (exact) mass is 347 g/mol. The van der Waals surface area contributed by atoms with Gasteiger partial charge < -0.3 is 15.5 Å². The summed E-state index contributed by atoms with van der Waals surface area (Å²) in [5, 5.41) is 22.5. The second-order valence-electron chi connectivity index (χ2n) is 4.84. The third kappa shape index (κ3) is 2.67. The number of benzene rings is 1. The fourth-order valence-corrected chi connectivity index (χ4v) is 3.46. The molecule has 3 N–H and O–H groups in total. The number of aliphatic hydroxyl groups excluding tert-OH is 2. The third-order valence-corrected chi connectivity index (χ3v) is 4.51. The van der Waals surface area contributed by atoms with Crippen molar-refractivity contribution in [2.45, 2.75) is 24.5 Å². The van der Waals surface area contributed by atoms with Gasteiger partial charge in [0.05, 0.1) is 21.6 Å². The van der Waals surface area contributed by atoms with Crippen LogP contribution in [0.4, 0.5) is 4.39 Å². The van der Waals surface area contributed by atoms with Gasteiger partial charge in [-0.1, -0.05) is 18.3 Å². The minimum absolute atomic E-state index is 0.0672. The van der Waals surface area contributed by atoms with Crippen LogP contribution in [0.5, 0.6) is 0 Å². The van der Waals surface area contributed by atoms with Crippen molar-refractivity contribution >= 4 is 33.6 Å². The van der Waals surface area contributed by atoms with Crippen LogP contribution in [-0.2, 0) is 5.54 Å². The lowest BCUT2D eigenvalue weighted by Gasteiger charge is -2.35. The predicted molar refractivity (Wildman–Crippen MR) is 78.4 cm³/mol. The Morgan fingerprint density at radius 1 is 1.58 bits per heavy atom. The van der Waals surface area contributed by atoms with Crippen LogP contribution in [0.1, 0.15) is 18.4 Å². The average molecular weight is 348 g/mol. The maximum Gasteiger partial charge on any atom is 0.137 e. The van der Waals surface area contributed by atoms with E-state index >= 15 is 0 Å². The van der Waals surface area contributed by atoms with E-state index in [9.17, 15) is 14.6 Å². The first-order valence-electron chi connectivity index (χ1n) is 5.99. The van der Waals surface area contributed by atoms with Gasteiger partial charge in [-0.25, -0.2) is 4.39 Å². The van der Waals surface area contributed by atoms with Gasteiger partial charge in [0.1, 0.15) is 5.82 Å². The summed E-state index contributed by atoms with van der Waals surface area (Å²) < 4.78 is 13.7. The van der Waals surface area contributed by atoms with Crippen molar-refractivity contribution in [3.63, 3.8) is 0 Å². The fraction of sp³-hybridized carbons (Fsp3) is 0.462. The standard InChI is InChI=1S/C13H15BrFNO2S/c14-11-4-8(1-2-12(11)15)13(16-7-19)5-10(18)3-9(13)6-17/h1-2,4,7,9-10,17-18H,3,5-6H2,(H,16,19). The Bertz CT molecular complexity index is 488. The maximum atomic E-state index is 13.4. The zero-order valence-corrected chi connectivity index (χ0v) is 12.5. The Morgan fingerprint density at radius 3 is 2.89 bits per heavy atom. The zero-order chi connectivity index (χ0) is 14.0. The van der Waals surface area contributed by atoms with Gasteiger partial charge in [0, 0.05) is 18.9 Å². The van der Waals surface area contributed by atoms with Crippen LogP contribution < -0.4 is 5.32 Å². The van der Waals surface area contributed by atoms with Gasteiger partial charge in [0.2, 0.25) is 0 Å². The molecule has 0 heterocycles. The van der Waals surface area contributed by atoms with E-state index in [1.807, 2.05) is 0 Å². The molecule has 3 unspecified atom stereocenters. The first kappa shape index (κ1) is 14.8. The summed E-state index contributed by atoms with van der Waals surface area (Å²) in [6.07, 6.45) is 0.411. The van der Waals surface area contributed by atoms with Crippen molar-refractivity contribution in [2.24, 2.45) is 5.92 Å². The first-order chi connectivity index (χ1) is 9.03. The molecule has 1 aliphatic rings. The molecule has 0 bridgehead atoms. The molecule has 104 valence electrons. The smallest absolute Gasteiger partial charge is 0.137 e. The normalized spacial score (nSPS) is 30.3. The number of aliphatic hydroxyl groups is 2. The van der Waals surface area contributed by atoms with Crippen LogP contribution in [0.15, 0.2) is 22.7 Å². The molecule has 1 aliphatic carbocycles. The Kier molecular flexibility index (Phi) is 4.55. The van der Waals surface area contributed by atoms with Crippen LogP contribution >= 0.6 is 28.1 Å². The predicted octanol–water partition coefficient (Wildman–Crippen LogP) is 2.09. The van der Waals surface area contributed by atoms with Crippen molar-refractivity contribution in [1.29, 1.82) is 0 Å². The molecule has 0 amide bonds. The van der Waals surface area contributed by atoms with E-state index in [4.69, 9.17) is 12.2 Å². The number of hydrogen-bond acceptors (Lipinski definition) is 3. The third-order valence-electron chi connectivity index (χ3n) is 3.78. The molecule has 1 aromatic rings. The molecule has 0 radical (unpaired) electrons. The molecular formula is C13H15BrFNO2S. The molecule has 6 heteroatoms. The molecule has 3 nitrogen and oxygen atoms in total. The van der Waals surface area contributed by atoms with E-state index in [0.29, 0.717) is 17.3 Å². The van der Waals surface area contributed by atoms with Crippen molar-refractivity contribution in [3.8, 4) is 0 Å². The highest BCUT2D eigenvalue weighted by Gasteiger charge is 2.47. The summed E-state index contributed by atoms with van der Waals surface area (Å²) in [6, 6.07) is 4.69. The first-order valence-corrected chi connectivity index (χ1v) is 7.25. The molecule has 0 saturated heterocycles. The van der Waals surface area contributed by atoms with Gasteiger partial charge in [-0.05, 0) is 40.0 Å². The van der Waals surface area contributed by atoms with E-state index in [1.165, 1.54) is 11.6 Å². The summed E-state index contributed by atoms with van der Waals surface area (Å²) in [5.74, 6) is -0.514. The number of hydrogen-bond donors (Lipinski definition) is 3. The highest BCUT2D eigenvalue weighted by atomic mass is 79.9. The van der Waals surface area contributed by atoms with E-state index in [2.05, 4.69) is 21.2 Å². The number of thiocarbonyl (C=S) groups is 1. The summed E-state index contributed by atoms with van der Waals surface area (Å²) in [7, 11) is 0. The fourth-order valence-electron chi connectivity index (χ4n) is 2.87. The maximum absolute atomic E-state index is 13.4. The lowest BCUT2D eigenvalue weighted by Crippen LogP contribution is -2.46. The molecule has 3 atom stereocenters.